The van der Waals surface area contributed by atoms with Crippen molar-refractivity contribution in [2.45, 2.75) is 45.1 Å². The molecule has 5 nitrogen and oxygen atoms in total. The number of rotatable bonds is 4. The Kier molecular flexibility index (Phi) is 4.82. The van der Waals surface area contributed by atoms with Crippen molar-refractivity contribution < 1.29 is 9.53 Å². The van der Waals surface area contributed by atoms with Gasteiger partial charge in [-0.3, -0.25) is 0 Å². The molecule has 20 heavy (non-hydrogen) atoms. The molecule has 1 aliphatic rings. The highest BCUT2D eigenvalue weighted by molar-refractivity contribution is 5.88. The Bertz CT molecular complexity index is 470. The Morgan fingerprint density at radius 2 is 2.10 bits per heavy atom. The van der Waals surface area contributed by atoms with Gasteiger partial charge in [0, 0.05) is 6.04 Å². The van der Waals surface area contributed by atoms with Gasteiger partial charge in [0.15, 0.2) is 5.69 Å². The first-order chi connectivity index (χ1) is 9.61. The number of carbonyl (C=O) groups excluding carboxylic acids is 1. The summed E-state index contributed by atoms with van der Waals surface area (Å²) in [6.07, 6.45) is 6.40. The molecule has 3 N–H and O–H groups in total. The van der Waals surface area contributed by atoms with Crippen molar-refractivity contribution >= 4 is 17.5 Å². The van der Waals surface area contributed by atoms with Crippen LogP contribution in [0.15, 0.2) is 12.1 Å². The van der Waals surface area contributed by atoms with Gasteiger partial charge in [0.05, 0.1) is 12.8 Å². The number of anilines is 2. The van der Waals surface area contributed by atoms with Gasteiger partial charge < -0.3 is 15.8 Å². The predicted octanol–water partition coefficient (Wildman–Crippen LogP) is 2.83. The minimum absolute atomic E-state index is 0.278. The van der Waals surface area contributed by atoms with Crippen molar-refractivity contribution in [3.05, 3.63) is 17.8 Å². The highest BCUT2D eigenvalue weighted by Crippen LogP contribution is 2.28. The predicted molar refractivity (Wildman–Crippen MR) is 79.6 cm³/mol. The van der Waals surface area contributed by atoms with Crippen LogP contribution in [0.4, 0.5) is 11.5 Å². The summed E-state index contributed by atoms with van der Waals surface area (Å²) in [4.78, 5) is 15.8. The van der Waals surface area contributed by atoms with E-state index in [2.05, 4.69) is 22.0 Å². The first kappa shape index (κ1) is 14.6. The zero-order valence-corrected chi connectivity index (χ0v) is 12.2. The Labute approximate surface area is 119 Å². The van der Waals surface area contributed by atoms with Gasteiger partial charge in [-0.05, 0) is 37.8 Å². The molecule has 0 aliphatic heterocycles. The van der Waals surface area contributed by atoms with Gasteiger partial charge >= 0.3 is 5.97 Å². The maximum Gasteiger partial charge on any atom is 0.356 e. The molecule has 1 saturated carbocycles. The maximum absolute atomic E-state index is 11.5. The topological polar surface area (TPSA) is 77.2 Å². The van der Waals surface area contributed by atoms with E-state index in [0.717, 1.165) is 0 Å². The van der Waals surface area contributed by atoms with Gasteiger partial charge in [0.25, 0.3) is 0 Å². The smallest absolute Gasteiger partial charge is 0.356 e. The third-order valence-electron chi connectivity index (χ3n) is 4.04. The first-order valence-corrected chi connectivity index (χ1v) is 7.23. The summed E-state index contributed by atoms with van der Waals surface area (Å²) in [6.45, 7) is 2.15. The van der Waals surface area contributed by atoms with E-state index in [1.54, 1.807) is 12.1 Å². The van der Waals surface area contributed by atoms with Crippen LogP contribution in [0.3, 0.4) is 0 Å². The van der Waals surface area contributed by atoms with Crippen LogP contribution in [-0.2, 0) is 4.74 Å². The molecule has 2 rings (SSSR count). The molecule has 0 spiro atoms. The number of nitrogens with two attached hydrogens (primary N) is 1. The molecule has 0 radical (unpaired) electrons. The number of carbonyl (C=O) groups is 1. The van der Waals surface area contributed by atoms with Crippen molar-refractivity contribution in [2.75, 3.05) is 18.2 Å². The largest absolute Gasteiger partial charge is 0.464 e. The zero-order chi connectivity index (χ0) is 14.5. The SMILES string of the molecule is COC(=O)c1ccc(N)c(NC(C)C2CCCCC2)n1. The van der Waals surface area contributed by atoms with Crippen LogP contribution in [0.1, 0.15) is 49.5 Å². The number of hydrogen-bond donors (Lipinski definition) is 2. The number of esters is 1. The Hall–Kier alpha value is -1.78. The Morgan fingerprint density at radius 3 is 2.75 bits per heavy atom. The molecule has 1 atom stereocenters. The van der Waals surface area contributed by atoms with Crippen molar-refractivity contribution in [3.63, 3.8) is 0 Å². The number of nitrogen functional groups attached to an aromatic ring is 1. The number of nitrogens with zero attached hydrogens (tertiary/aromatic N) is 1. The third kappa shape index (κ3) is 3.40. The summed E-state index contributed by atoms with van der Waals surface area (Å²) in [6, 6.07) is 3.57. The minimum Gasteiger partial charge on any atom is -0.464 e. The van der Waals surface area contributed by atoms with Crippen LogP contribution in [0.5, 0.6) is 0 Å². The van der Waals surface area contributed by atoms with E-state index in [-0.39, 0.29) is 5.69 Å². The van der Waals surface area contributed by atoms with Gasteiger partial charge in [-0.25, -0.2) is 9.78 Å². The molecule has 0 saturated heterocycles. The molecule has 1 aliphatic carbocycles. The Morgan fingerprint density at radius 1 is 1.40 bits per heavy atom. The third-order valence-corrected chi connectivity index (χ3v) is 4.04. The summed E-state index contributed by atoms with van der Waals surface area (Å²) in [5, 5.41) is 3.36. The molecular weight excluding hydrogens is 254 g/mol. The summed E-state index contributed by atoms with van der Waals surface area (Å²) in [5.74, 6) is 0.774. The van der Waals surface area contributed by atoms with Crippen LogP contribution in [0.25, 0.3) is 0 Å². The quantitative estimate of drug-likeness (QED) is 0.827. The minimum atomic E-state index is -0.446. The lowest BCUT2D eigenvalue weighted by molar-refractivity contribution is 0.0594. The second-order valence-electron chi connectivity index (χ2n) is 5.46. The Balaban J connectivity index is 2.09. The van der Waals surface area contributed by atoms with Crippen molar-refractivity contribution in [2.24, 2.45) is 5.92 Å². The molecule has 1 aromatic heterocycles. The molecule has 110 valence electrons. The summed E-state index contributed by atoms with van der Waals surface area (Å²) < 4.78 is 4.68. The number of aromatic nitrogens is 1. The zero-order valence-electron chi connectivity index (χ0n) is 12.2. The van der Waals surface area contributed by atoms with Crippen molar-refractivity contribution in [1.29, 1.82) is 0 Å². The number of hydrogen-bond acceptors (Lipinski definition) is 5. The summed E-state index contributed by atoms with van der Waals surface area (Å²) in [5.41, 5.74) is 6.77. The van der Waals surface area contributed by atoms with Crippen molar-refractivity contribution in [3.8, 4) is 0 Å². The van der Waals surface area contributed by atoms with E-state index in [4.69, 9.17) is 5.73 Å². The molecule has 1 aromatic rings. The normalized spacial score (nSPS) is 17.5. The standard InChI is InChI=1S/C15H23N3O2/c1-10(11-6-4-3-5-7-11)17-14-12(16)8-9-13(18-14)15(19)20-2/h8-11H,3-7,16H2,1-2H3,(H,17,18). The fourth-order valence-corrected chi connectivity index (χ4v) is 2.77. The number of methoxy groups -OCH3 is 1. The van der Waals surface area contributed by atoms with E-state index >= 15 is 0 Å². The number of nitrogens with one attached hydrogen (secondary N) is 1. The van der Waals surface area contributed by atoms with Gasteiger partial charge in [-0.15, -0.1) is 0 Å². The van der Waals surface area contributed by atoms with Crippen LogP contribution in [-0.4, -0.2) is 24.1 Å². The van der Waals surface area contributed by atoms with Crippen LogP contribution in [0.2, 0.25) is 0 Å². The molecule has 1 heterocycles. The molecule has 1 unspecified atom stereocenters. The van der Waals surface area contributed by atoms with E-state index in [9.17, 15) is 4.79 Å². The average Bonchev–Trinajstić information content (AvgIpc) is 2.49. The monoisotopic (exact) mass is 277 g/mol. The number of pyridine rings is 1. The second-order valence-corrected chi connectivity index (χ2v) is 5.46. The second kappa shape index (κ2) is 6.59. The first-order valence-electron chi connectivity index (χ1n) is 7.23. The van der Waals surface area contributed by atoms with E-state index in [0.29, 0.717) is 23.5 Å². The number of ether oxygens (including phenoxy) is 1. The summed E-state index contributed by atoms with van der Waals surface area (Å²) in [7, 11) is 1.35. The molecule has 1 fully saturated rings. The highest BCUT2D eigenvalue weighted by Gasteiger charge is 2.21. The highest BCUT2D eigenvalue weighted by atomic mass is 16.5. The molecule has 0 aromatic carbocycles. The lowest BCUT2D eigenvalue weighted by Gasteiger charge is -2.29. The molecular formula is C15H23N3O2. The van der Waals surface area contributed by atoms with E-state index in [1.165, 1.54) is 39.2 Å². The summed E-state index contributed by atoms with van der Waals surface area (Å²) >= 11 is 0. The fraction of sp³-hybridized carbons (Fsp3) is 0.600. The van der Waals surface area contributed by atoms with Gasteiger partial charge in [0.2, 0.25) is 0 Å². The average molecular weight is 277 g/mol. The lowest BCUT2D eigenvalue weighted by Crippen LogP contribution is -2.28. The van der Waals surface area contributed by atoms with E-state index in [1.807, 2.05) is 0 Å². The van der Waals surface area contributed by atoms with Gasteiger partial charge in [-0.2, -0.15) is 0 Å². The van der Waals surface area contributed by atoms with Gasteiger partial charge in [0.1, 0.15) is 5.82 Å². The van der Waals surface area contributed by atoms with E-state index < -0.39 is 5.97 Å². The van der Waals surface area contributed by atoms with Gasteiger partial charge in [-0.1, -0.05) is 19.3 Å². The molecule has 5 heteroatoms. The van der Waals surface area contributed by atoms with Crippen LogP contribution < -0.4 is 11.1 Å². The molecule has 0 amide bonds. The van der Waals surface area contributed by atoms with Crippen molar-refractivity contribution in [1.82, 2.24) is 4.98 Å². The maximum atomic E-state index is 11.5. The van der Waals surface area contributed by atoms with Crippen LogP contribution in [0, 0.1) is 5.92 Å². The molecule has 0 bridgehead atoms. The van der Waals surface area contributed by atoms with Crippen LogP contribution >= 0.6 is 0 Å². The lowest BCUT2D eigenvalue weighted by atomic mass is 9.84. The fourth-order valence-electron chi connectivity index (χ4n) is 2.77.